The van der Waals surface area contributed by atoms with E-state index in [4.69, 9.17) is 4.42 Å². The van der Waals surface area contributed by atoms with Gasteiger partial charge in [0.2, 0.25) is 0 Å². The molecule has 1 nitrogen and oxygen atoms in total. The molecular weight excluding hydrogens is 629 g/mol. The molecule has 0 aliphatic rings. The Labute approximate surface area is 303 Å². The summed E-state index contributed by atoms with van der Waals surface area (Å²) in [7, 11) is 0. The molecule has 0 aliphatic heterocycles. The monoisotopic (exact) mass is 662 g/mol. The van der Waals surface area contributed by atoms with E-state index in [1.54, 1.807) is 0 Å². The van der Waals surface area contributed by atoms with Crippen molar-refractivity contribution < 1.29 is 4.42 Å². The largest absolute Gasteiger partial charge is 0.456 e. The molecule has 0 bridgehead atoms. The molecule has 0 amide bonds. The maximum Gasteiger partial charge on any atom is 0.135 e. The van der Waals surface area contributed by atoms with Crippen LogP contribution in [0, 0.1) is 0 Å². The van der Waals surface area contributed by atoms with Gasteiger partial charge in [-0.15, -0.1) is 0 Å². The predicted molar refractivity (Wildman–Crippen MR) is 219 cm³/mol. The van der Waals surface area contributed by atoms with Crippen molar-refractivity contribution in [3.8, 4) is 33.4 Å². The van der Waals surface area contributed by atoms with Crippen molar-refractivity contribution in [1.29, 1.82) is 0 Å². The van der Waals surface area contributed by atoms with Gasteiger partial charge in [0.05, 0.1) is 0 Å². The minimum absolute atomic E-state index is 0.0401. The highest BCUT2D eigenvalue weighted by Gasteiger charge is 2.21. The molecule has 0 radical (unpaired) electrons. The average Bonchev–Trinajstić information content (AvgIpc) is 3.60. The normalized spacial score (nSPS) is 12.2. The number of furan rings is 1. The van der Waals surface area contributed by atoms with E-state index in [0.29, 0.717) is 0 Å². The van der Waals surface area contributed by atoms with E-state index in [0.717, 1.165) is 21.9 Å². The lowest BCUT2D eigenvalue weighted by Crippen LogP contribution is -2.05. The summed E-state index contributed by atoms with van der Waals surface area (Å²) in [4.78, 5) is 0. The Hall–Kier alpha value is -6.70. The summed E-state index contributed by atoms with van der Waals surface area (Å²) in [6.45, 7) is 0. The highest BCUT2D eigenvalue weighted by molar-refractivity contribution is 6.09. The van der Waals surface area contributed by atoms with E-state index >= 15 is 0 Å². The zero-order valence-corrected chi connectivity index (χ0v) is 28.5. The quantitative estimate of drug-likeness (QED) is 0.128. The van der Waals surface area contributed by atoms with Gasteiger partial charge in [0.1, 0.15) is 11.2 Å². The fourth-order valence-corrected chi connectivity index (χ4v) is 8.00. The Bertz CT molecular complexity index is 2860. The lowest BCUT2D eigenvalue weighted by Gasteiger charge is -2.23. The Morgan fingerprint density at radius 2 is 0.750 bits per heavy atom. The minimum Gasteiger partial charge on any atom is -0.456 e. The van der Waals surface area contributed by atoms with Crippen molar-refractivity contribution in [3.63, 3.8) is 0 Å². The van der Waals surface area contributed by atoms with E-state index in [9.17, 15) is 0 Å². The zero-order chi connectivity index (χ0) is 34.4. The molecule has 1 aromatic heterocycles. The van der Waals surface area contributed by atoms with Crippen molar-refractivity contribution in [2.24, 2.45) is 0 Å². The van der Waals surface area contributed by atoms with Crippen molar-refractivity contribution in [2.45, 2.75) is 5.92 Å². The summed E-state index contributed by atoms with van der Waals surface area (Å²) in [5.74, 6) is 0.0401. The van der Waals surface area contributed by atoms with Crippen LogP contribution < -0.4 is 0 Å². The predicted octanol–water partition coefficient (Wildman–Crippen LogP) is 14.1. The first-order chi connectivity index (χ1) is 25.8. The average molecular weight is 663 g/mol. The SMILES string of the molecule is c1ccc(-c2ccc(-c3ccc(C(c4ccc(-c5ccc6oc7ccccc7c6c5)cc4)c4cc5ccccc5c5ccccc45)cc3)cc2)cc1. The molecule has 1 heterocycles. The molecular formula is C51H34O. The zero-order valence-electron chi connectivity index (χ0n) is 28.5. The first-order valence-corrected chi connectivity index (χ1v) is 17.9. The van der Waals surface area contributed by atoms with Gasteiger partial charge in [-0.3, -0.25) is 0 Å². The number of fused-ring (bicyclic) bond motifs is 6. The van der Waals surface area contributed by atoms with Gasteiger partial charge >= 0.3 is 0 Å². The molecule has 0 saturated heterocycles. The van der Waals surface area contributed by atoms with E-state index < -0.39 is 0 Å². The van der Waals surface area contributed by atoms with Crippen LogP contribution in [0.3, 0.4) is 0 Å². The van der Waals surface area contributed by atoms with Crippen LogP contribution in [-0.4, -0.2) is 0 Å². The molecule has 0 aliphatic carbocycles. The standard InChI is InChI=1S/C51H34O/c1-2-10-34(11-3-1)35-18-20-36(21-19-35)37-22-26-39(27-23-37)51(48-33-42-12-4-5-13-43(42)44-14-6-7-15-45(44)48)40-28-24-38(25-29-40)41-30-31-50-47(32-41)46-16-8-9-17-49(46)52-50/h1-33,51H. The lowest BCUT2D eigenvalue weighted by atomic mass is 9.80. The summed E-state index contributed by atoms with van der Waals surface area (Å²) in [6, 6.07) is 72.7. The summed E-state index contributed by atoms with van der Waals surface area (Å²) in [6.07, 6.45) is 0. The van der Waals surface area contributed by atoms with Crippen LogP contribution >= 0.6 is 0 Å². The van der Waals surface area contributed by atoms with E-state index in [-0.39, 0.29) is 5.92 Å². The lowest BCUT2D eigenvalue weighted by molar-refractivity contribution is 0.669. The molecule has 10 rings (SSSR count). The number of rotatable bonds is 6. The summed E-state index contributed by atoms with van der Waals surface area (Å²) < 4.78 is 6.12. The molecule has 244 valence electrons. The Kier molecular flexibility index (Phi) is 7.29. The molecule has 10 aromatic rings. The van der Waals surface area contributed by atoms with Crippen molar-refractivity contribution >= 4 is 43.5 Å². The first-order valence-electron chi connectivity index (χ1n) is 17.9. The second-order valence-electron chi connectivity index (χ2n) is 13.7. The van der Waals surface area contributed by atoms with Crippen LogP contribution in [0.1, 0.15) is 22.6 Å². The molecule has 9 aromatic carbocycles. The van der Waals surface area contributed by atoms with Crippen LogP contribution in [0.5, 0.6) is 0 Å². The van der Waals surface area contributed by atoms with Gasteiger partial charge in [-0.05, 0) is 95.9 Å². The number of benzene rings is 9. The third kappa shape index (κ3) is 5.27. The van der Waals surface area contributed by atoms with Gasteiger partial charge in [-0.25, -0.2) is 0 Å². The van der Waals surface area contributed by atoms with Crippen molar-refractivity contribution in [2.75, 3.05) is 0 Å². The molecule has 0 N–H and O–H groups in total. The van der Waals surface area contributed by atoms with Crippen molar-refractivity contribution in [3.05, 3.63) is 217 Å². The van der Waals surface area contributed by atoms with E-state index in [2.05, 4.69) is 188 Å². The second-order valence-corrected chi connectivity index (χ2v) is 13.7. The van der Waals surface area contributed by atoms with Crippen LogP contribution in [0.4, 0.5) is 0 Å². The van der Waals surface area contributed by atoms with Crippen molar-refractivity contribution in [1.82, 2.24) is 0 Å². The Morgan fingerprint density at radius 3 is 1.42 bits per heavy atom. The summed E-state index contributed by atoms with van der Waals surface area (Å²) >= 11 is 0. The van der Waals surface area contributed by atoms with Gasteiger partial charge < -0.3 is 4.42 Å². The van der Waals surface area contributed by atoms with Crippen LogP contribution in [0.25, 0.3) is 76.9 Å². The highest BCUT2D eigenvalue weighted by Crippen LogP contribution is 2.41. The molecule has 52 heavy (non-hydrogen) atoms. The fraction of sp³-hybridized carbons (Fsp3) is 0.0196. The molecule has 0 saturated carbocycles. The fourth-order valence-electron chi connectivity index (χ4n) is 8.00. The van der Waals surface area contributed by atoms with Gasteiger partial charge in [-0.2, -0.15) is 0 Å². The number of para-hydroxylation sites is 1. The smallest absolute Gasteiger partial charge is 0.135 e. The first kappa shape index (κ1) is 30.2. The third-order valence-corrected chi connectivity index (χ3v) is 10.6. The van der Waals surface area contributed by atoms with Gasteiger partial charge in [0.15, 0.2) is 0 Å². The topological polar surface area (TPSA) is 13.1 Å². The van der Waals surface area contributed by atoms with Crippen LogP contribution in [-0.2, 0) is 0 Å². The number of hydrogen-bond donors (Lipinski definition) is 0. The second kappa shape index (κ2) is 12.6. The third-order valence-electron chi connectivity index (χ3n) is 10.6. The van der Waals surface area contributed by atoms with Crippen LogP contribution in [0.15, 0.2) is 205 Å². The Balaban J connectivity index is 1.07. The number of hydrogen-bond acceptors (Lipinski definition) is 1. The van der Waals surface area contributed by atoms with Gasteiger partial charge in [-0.1, -0.05) is 176 Å². The maximum atomic E-state index is 6.12. The Morgan fingerprint density at radius 1 is 0.288 bits per heavy atom. The minimum atomic E-state index is 0.0401. The van der Waals surface area contributed by atoms with E-state index in [1.165, 1.54) is 71.6 Å². The van der Waals surface area contributed by atoms with E-state index in [1.807, 2.05) is 12.1 Å². The molecule has 1 heteroatoms. The molecule has 1 atom stereocenters. The summed E-state index contributed by atoms with van der Waals surface area (Å²) in [5.41, 5.74) is 12.9. The molecule has 0 fully saturated rings. The molecule has 1 unspecified atom stereocenters. The van der Waals surface area contributed by atoms with Gasteiger partial charge in [0, 0.05) is 16.7 Å². The summed E-state index contributed by atoms with van der Waals surface area (Å²) in [5, 5.41) is 7.41. The van der Waals surface area contributed by atoms with Gasteiger partial charge in [0.25, 0.3) is 0 Å². The molecule has 0 spiro atoms. The van der Waals surface area contributed by atoms with Crippen LogP contribution in [0.2, 0.25) is 0 Å². The highest BCUT2D eigenvalue weighted by atomic mass is 16.3. The maximum absolute atomic E-state index is 6.12.